The van der Waals surface area contributed by atoms with Gasteiger partial charge in [0.05, 0.1) is 6.54 Å². The minimum Gasteiger partial charge on any atom is -0.409 e. The number of oxime groups is 1. The van der Waals surface area contributed by atoms with Gasteiger partial charge in [-0.1, -0.05) is 5.16 Å². The SMILES string of the molecule is CC1CSCCN1CC(N)=NO. The van der Waals surface area contributed by atoms with E-state index < -0.39 is 0 Å². The van der Waals surface area contributed by atoms with Gasteiger partial charge in [-0.3, -0.25) is 4.90 Å². The lowest BCUT2D eigenvalue weighted by molar-refractivity contribution is 0.257. The zero-order valence-electron chi connectivity index (χ0n) is 7.23. The number of thioether (sulfide) groups is 1. The normalized spacial score (nSPS) is 27.4. The van der Waals surface area contributed by atoms with E-state index in [0.717, 1.165) is 18.1 Å². The highest BCUT2D eigenvalue weighted by atomic mass is 32.2. The van der Waals surface area contributed by atoms with Crippen LogP contribution in [0.1, 0.15) is 6.92 Å². The summed E-state index contributed by atoms with van der Waals surface area (Å²) in [6.45, 7) is 3.77. The molecule has 0 aliphatic carbocycles. The van der Waals surface area contributed by atoms with E-state index in [4.69, 9.17) is 10.9 Å². The van der Waals surface area contributed by atoms with Crippen LogP contribution in [0.4, 0.5) is 0 Å². The van der Waals surface area contributed by atoms with Gasteiger partial charge in [0, 0.05) is 24.1 Å². The van der Waals surface area contributed by atoms with Gasteiger partial charge in [-0.05, 0) is 6.92 Å². The van der Waals surface area contributed by atoms with Gasteiger partial charge < -0.3 is 10.9 Å². The molecule has 1 atom stereocenters. The minimum absolute atomic E-state index is 0.300. The van der Waals surface area contributed by atoms with Crippen LogP contribution in [0.2, 0.25) is 0 Å². The van der Waals surface area contributed by atoms with Crippen LogP contribution in [-0.4, -0.2) is 46.6 Å². The summed E-state index contributed by atoms with van der Waals surface area (Å²) >= 11 is 1.96. The Labute approximate surface area is 76.8 Å². The van der Waals surface area contributed by atoms with Crippen molar-refractivity contribution in [2.24, 2.45) is 10.9 Å². The van der Waals surface area contributed by atoms with E-state index in [1.165, 1.54) is 0 Å². The van der Waals surface area contributed by atoms with E-state index in [9.17, 15) is 0 Å². The molecule has 0 amide bonds. The van der Waals surface area contributed by atoms with Crippen molar-refractivity contribution in [2.45, 2.75) is 13.0 Å². The van der Waals surface area contributed by atoms with Crippen molar-refractivity contribution < 1.29 is 5.21 Å². The quantitative estimate of drug-likeness (QED) is 0.281. The maximum atomic E-state index is 8.38. The largest absolute Gasteiger partial charge is 0.409 e. The molecule has 1 saturated heterocycles. The van der Waals surface area contributed by atoms with E-state index in [0.29, 0.717) is 18.4 Å². The Morgan fingerprint density at radius 1 is 1.83 bits per heavy atom. The van der Waals surface area contributed by atoms with Crippen LogP contribution in [0.25, 0.3) is 0 Å². The van der Waals surface area contributed by atoms with Crippen molar-refractivity contribution in [3.8, 4) is 0 Å². The van der Waals surface area contributed by atoms with Gasteiger partial charge in [0.1, 0.15) is 0 Å². The monoisotopic (exact) mass is 189 g/mol. The third kappa shape index (κ3) is 2.57. The summed E-state index contributed by atoms with van der Waals surface area (Å²) < 4.78 is 0. The van der Waals surface area contributed by atoms with Crippen LogP contribution in [0.15, 0.2) is 5.16 Å². The maximum Gasteiger partial charge on any atom is 0.153 e. The molecule has 70 valence electrons. The summed E-state index contributed by atoms with van der Waals surface area (Å²) in [5.41, 5.74) is 5.42. The molecule has 1 aliphatic heterocycles. The van der Waals surface area contributed by atoms with Crippen LogP contribution >= 0.6 is 11.8 Å². The van der Waals surface area contributed by atoms with Gasteiger partial charge in [-0.25, -0.2) is 0 Å². The number of nitrogens with two attached hydrogens (primary N) is 1. The van der Waals surface area contributed by atoms with Crippen molar-refractivity contribution in [3.05, 3.63) is 0 Å². The first kappa shape index (κ1) is 9.67. The second kappa shape index (κ2) is 4.57. The molecule has 0 bridgehead atoms. The Morgan fingerprint density at radius 3 is 3.17 bits per heavy atom. The summed E-state index contributed by atoms with van der Waals surface area (Å²) in [5, 5.41) is 11.3. The van der Waals surface area contributed by atoms with E-state index in [2.05, 4.69) is 17.0 Å². The Hall–Kier alpha value is -0.420. The molecule has 0 aromatic carbocycles. The van der Waals surface area contributed by atoms with Crippen LogP contribution in [0.3, 0.4) is 0 Å². The zero-order valence-corrected chi connectivity index (χ0v) is 8.05. The van der Waals surface area contributed by atoms with Gasteiger partial charge in [0.15, 0.2) is 5.84 Å². The molecule has 0 spiro atoms. The van der Waals surface area contributed by atoms with Crippen molar-refractivity contribution in [3.63, 3.8) is 0 Å². The van der Waals surface area contributed by atoms with Gasteiger partial charge in [-0.15, -0.1) is 0 Å². The molecular weight excluding hydrogens is 174 g/mol. The van der Waals surface area contributed by atoms with Gasteiger partial charge in [0.2, 0.25) is 0 Å². The predicted molar refractivity (Wildman–Crippen MR) is 51.8 cm³/mol. The number of hydrogen-bond donors (Lipinski definition) is 2. The van der Waals surface area contributed by atoms with Crippen molar-refractivity contribution in [1.29, 1.82) is 0 Å². The summed E-state index contributed by atoms with van der Waals surface area (Å²) in [6, 6.07) is 0.532. The summed E-state index contributed by atoms with van der Waals surface area (Å²) in [6.07, 6.45) is 0. The molecule has 1 aliphatic rings. The molecule has 1 rings (SSSR count). The Morgan fingerprint density at radius 2 is 2.58 bits per heavy atom. The van der Waals surface area contributed by atoms with Crippen molar-refractivity contribution in [1.82, 2.24) is 4.90 Å². The Balaban J connectivity index is 2.39. The highest BCUT2D eigenvalue weighted by Crippen LogP contribution is 2.14. The molecule has 0 aromatic heterocycles. The third-order valence-electron chi connectivity index (χ3n) is 2.00. The molecular formula is C7H15N3OS. The average Bonchev–Trinajstić information content (AvgIpc) is 2.09. The Bertz CT molecular complexity index is 174. The second-order valence-electron chi connectivity index (χ2n) is 2.99. The first-order chi connectivity index (χ1) is 5.74. The van der Waals surface area contributed by atoms with Gasteiger partial charge >= 0.3 is 0 Å². The van der Waals surface area contributed by atoms with Gasteiger partial charge in [-0.2, -0.15) is 11.8 Å². The molecule has 12 heavy (non-hydrogen) atoms. The number of amidine groups is 1. The fourth-order valence-electron chi connectivity index (χ4n) is 1.24. The van der Waals surface area contributed by atoms with E-state index in [1.54, 1.807) is 0 Å². The molecule has 5 heteroatoms. The standard InChI is InChI=1S/C7H15N3OS/c1-6-5-12-3-2-10(6)4-7(8)9-11/h6,11H,2-5H2,1H3,(H2,8,9). The van der Waals surface area contributed by atoms with Crippen molar-refractivity contribution in [2.75, 3.05) is 24.6 Å². The highest BCUT2D eigenvalue weighted by molar-refractivity contribution is 7.99. The summed E-state index contributed by atoms with van der Waals surface area (Å²) in [7, 11) is 0. The maximum absolute atomic E-state index is 8.38. The molecule has 1 heterocycles. The predicted octanol–water partition coefficient (Wildman–Crippen LogP) is 0.170. The van der Waals surface area contributed by atoms with E-state index >= 15 is 0 Å². The smallest absolute Gasteiger partial charge is 0.153 e. The Kier molecular flexibility index (Phi) is 3.68. The van der Waals surface area contributed by atoms with Crippen LogP contribution < -0.4 is 5.73 Å². The first-order valence-electron chi connectivity index (χ1n) is 4.02. The molecule has 0 saturated carbocycles. The lowest BCUT2D eigenvalue weighted by atomic mass is 10.3. The fourth-order valence-corrected chi connectivity index (χ4v) is 2.32. The minimum atomic E-state index is 0.300. The van der Waals surface area contributed by atoms with Crippen molar-refractivity contribution >= 4 is 17.6 Å². The second-order valence-corrected chi connectivity index (χ2v) is 4.14. The van der Waals surface area contributed by atoms with Gasteiger partial charge in [0.25, 0.3) is 0 Å². The molecule has 1 fully saturated rings. The lowest BCUT2D eigenvalue weighted by Gasteiger charge is -2.32. The van der Waals surface area contributed by atoms with Crippen LogP contribution in [-0.2, 0) is 0 Å². The van der Waals surface area contributed by atoms with Crippen LogP contribution in [0, 0.1) is 0 Å². The number of rotatable bonds is 2. The average molecular weight is 189 g/mol. The zero-order chi connectivity index (χ0) is 8.97. The molecule has 0 aromatic rings. The molecule has 0 radical (unpaired) electrons. The molecule has 3 N–H and O–H groups in total. The number of hydrogen-bond acceptors (Lipinski definition) is 4. The molecule has 1 unspecified atom stereocenters. The third-order valence-corrected chi connectivity index (χ3v) is 3.19. The first-order valence-corrected chi connectivity index (χ1v) is 5.17. The van der Waals surface area contributed by atoms with E-state index in [-0.39, 0.29) is 0 Å². The topological polar surface area (TPSA) is 61.8 Å². The summed E-state index contributed by atoms with van der Waals surface area (Å²) in [4.78, 5) is 2.23. The van der Waals surface area contributed by atoms with Crippen LogP contribution in [0.5, 0.6) is 0 Å². The number of nitrogens with zero attached hydrogens (tertiary/aromatic N) is 2. The highest BCUT2D eigenvalue weighted by Gasteiger charge is 2.18. The summed E-state index contributed by atoms with van der Waals surface area (Å²) in [5.74, 6) is 2.58. The molecule has 4 nitrogen and oxygen atoms in total. The fraction of sp³-hybridized carbons (Fsp3) is 0.857. The lowest BCUT2D eigenvalue weighted by Crippen LogP contribution is -2.44. The van der Waals surface area contributed by atoms with E-state index in [1.807, 2.05) is 11.8 Å².